The highest BCUT2D eigenvalue weighted by Crippen LogP contribution is 2.43. The van der Waals surface area contributed by atoms with E-state index in [9.17, 15) is 23.1 Å². The first-order valence-electron chi connectivity index (χ1n) is 8.44. The number of benzene rings is 1. The Morgan fingerprint density at radius 1 is 1.33 bits per heavy atom. The molecule has 3 unspecified atom stereocenters. The van der Waals surface area contributed by atoms with Crippen LogP contribution in [0.3, 0.4) is 0 Å². The van der Waals surface area contributed by atoms with Crippen molar-refractivity contribution in [3.05, 3.63) is 40.9 Å². The van der Waals surface area contributed by atoms with E-state index in [0.717, 1.165) is 5.56 Å². The Balaban J connectivity index is 2.06. The summed E-state index contributed by atoms with van der Waals surface area (Å²) in [5.41, 5.74) is 1.11. The van der Waals surface area contributed by atoms with E-state index in [-0.39, 0.29) is 18.2 Å². The van der Waals surface area contributed by atoms with Crippen molar-refractivity contribution < 1.29 is 27.8 Å². The van der Waals surface area contributed by atoms with E-state index >= 15 is 0 Å². The minimum Gasteiger partial charge on any atom is -0.484 e. The highest BCUT2D eigenvalue weighted by Gasteiger charge is 2.49. The van der Waals surface area contributed by atoms with Gasteiger partial charge in [0.1, 0.15) is 5.75 Å². The normalized spacial score (nSPS) is 19.4. The zero-order valence-electron chi connectivity index (χ0n) is 15.3. The van der Waals surface area contributed by atoms with Gasteiger partial charge in [-0.25, -0.2) is 0 Å². The molecule has 5 nitrogen and oxygen atoms in total. The number of hydrogen-bond donors (Lipinski definition) is 2. The smallest absolute Gasteiger partial charge is 0.418 e. The van der Waals surface area contributed by atoms with Crippen LogP contribution in [0.4, 0.5) is 13.2 Å². The largest absolute Gasteiger partial charge is 0.484 e. The Kier molecular flexibility index (Phi) is 7.05. The van der Waals surface area contributed by atoms with Crippen LogP contribution in [0.1, 0.15) is 19.4 Å². The number of nitrogens with zero attached hydrogens (tertiary/aromatic N) is 1. The number of ether oxygens (including phenoxy) is 1. The summed E-state index contributed by atoms with van der Waals surface area (Å²) in [4.78, 5) is 12.4. The van der Waals surface area contributed by atoms with Crippen LogP contribution in [0.15, 0.2) is 35.4 Å². The lowest BCUT2D eigenvalue weighted by Gasteiger charge is -2.36. The van der Waals surface area contributed by atoms with Crippen LogP contribution in [0.2, 0.25) is 0 Å². The van der Waals surface area contributed by atoms with Gasteiger partial charge in [0.2, 0.25) is 0 Å². The average Bonchev–Trinajstić information content (AvgIpc) is 3.06. The first-order chi connectivity index (χ1) is 12.6. The van der Waals surface area contributed by atoms with E-state index < -0.39 is 23.7 Å². The van der Waals surface area contributed by atoms with Gasteiger partial charge in [0, 0.05) is 13.1 Å². The summed E-state index contributed by atoms with van der Waals surface area (Å²) in [7, 11) is 1.51. The quantitative estimate of drug-likeness (QED) is 0.732. The number of hydrogen-bond acceptors (Lipinski definition) is 5. The highest BCUT2D eigenvalue weighted by molar-refractivity contribution is 8.03. The van der Waals surface area contributed by atoms with E-state index in [0.29, 0.717) is 23.9 Å². The van der Waals surface area contributed by atoms with Crippen molar-refractivity contribution in [3.8, 4) is 5.75 Å². The first kappa shape index (κ1) is 21.4. The molecule has 0 bridgehead atoms. The van der Waals surface area contributed by atoms with E-state index in [1.807, 2.05) is 0 Å². The van der Waals surface area contributed by atoms with Crippen molar-refractivity contribution in [2.24, 2.45) is 0 Å². The third-order valence-corrected chi connectivity index (χ3v) is 5.28. The minimum absolute atomic E-state index is 0.104. The molecule has 0 saturated carbocycles. The fourth-order valence-corrected chi connectivity index (χ4v) is 4.01. The molecule has 1 aliphatic rings. The first-order valence-corrected chi connectivity index (χ1v) is 9.38. The number of amides is 1. The Morgan fingerprint density at radius 3 is 2.48 bits per heavy atom. The Labute approximate surface area is 160 Å². The van der Waals surface area contributed by atoms with Crippen LogP contribution in [0.25, 0.3) is 0 Å². The van der Waals surface area contributed by atoms with Crippen LogP contribution < -0.4 is 10.1 Å². The number of aliphatic hydroxyl groups excluding tert-OH is 1. The molecule has 1 aromatic carbocycles. The molecule has 0 radical (unpaired) electrons. The number of likely N-dealkylation sites (N-methyl/N-ethyl adjacent to an activating group) is 1. The predicted octanol–water partition coefficient (Wildman–Crippen LogP) is 2.90. The molecule has 9 heteroatoms. The molecule has 2 rings (SSSR count). The zero-order chi connectivity index (χ0) is 20.2. The topological polar surface area (TPSA) is 61.8 Å². The second kappa shape index (κ2) is 8.88. The van der Waals surface area contributed by atoms with E-state index in [1.54, 1.807) is 31.2 Å². The molecule has 27 heavy (non-hydrogen) atoms. The van der Waals surface area contributed by atoms with Crippen molar-refractivity contribution in [2.75, 3.05) is 13.7 Å². The summed E-state index contributed by atoms with van der Waals surface area (Å²) in [6, 6.07) is 6.40. The molecule has 0 aliphatic carbocycles. The van der Waals surface area contributed by atoms with Crippen LogP contribution in [-0.4, -0.2) is 53.3 Å². The molecule has 0 aromatic heterocycles. The fourth-order valence-electron chi connectivity index (χ4n) is 2.81. The zero-order valence-corrected chi connectivity index (χ0v) is 16.1. The monoisotopic (exact) mass is 404 g/mol. The maximum Gasteiger partial charge on any atom is 0.418 e. The van der Waals surface area contributed by atoms with Gasteiger partial charge < -0.3 is 20.1 Å². The van der Waals surface area contributed by atoms with Crippen LogP contribution in [0, 0.1) is 0 Å². The summed E-state index contributed by atoms with van der Waals surface area (Å²) < 4.78 is 45.4. The summed E-state index contributed by atoms with van der Waals surface area (Å²) in [6.07, 6.45) is -5.01. The standard InChI is InChI=1S/C18H23F3N2O3S/c1-11(23-15(12(2)24)10-27-17(23)18(19,20)21)8-13-4-6-14(7-5-13)26-9-16(25)22-3/h4-7,10-12,17,24H,8-9H2,1-3H3,(H,22,25). The molecule has 0 fully saturated rings. The third-order valence-electron chi connectivity index (χ3n) is 4.15. The van der Waals surface area contributed by atoms with Gasteiger partial charge in [0.15, 0.2) is 12.0 Å². The van der Waals surface area contributed by atoms with Crippen LogP contribution in [0.5, 0.6) is 5.75 Å². The fraction of sp³-hybridized carbons (Fsp3) is 0.500. The summed E-state index contributed by atoms with van der Waals surface area (Å²) >= 11 is 0.668. The highest BCUT2D eigenvalue weighted by atomic mass is 32.2. The van der Waals surface area contributed by atoms with E-state index in [2.05, 4.69) is 5.32 Å². The number of alkyl halides is 3. The van der Waals surface area contributed by atoms with Crippen molar-refractivity contribution in [2.45, 2.75) is 44.0 Å². The molecular weight excluding hydrogens is 381 g/mol. The number of aliphatic hydroxyl groups is 1. The molecule has 0 saturated heterocycles. The molecule has 0 spiro atoms. The number of nitrogens with one attached hydrogen (secondary N) is 1. The van der Waals surface area contributed by atoms with Gasteiger partial charge in [0.25, 0.3) is 5.91 Å². The number of rotatable bonds is 7. The van der Waals surface area contributed by atoms with Crippen molar-refractivity contribution in [1.29, 1.82) is 0 Å². The Hall–Kier alpha value is -1.87. The Bertz CT molecular complexity index is 677. The lowest BCUT2D eigenvalue weighted by molar-refractivity contribution is -0.157. The molecule has 2 N–H and O–H groups in total. The molecule has 1 amide bonds. The third kappa shape index (κ3) is 5.55. The molecular formula is C18H23F3N2O3S. The van der Waals surface area contributed by atoms with Crippen LogP contribution in [-0.2, 0) is 11.2 Å². The maximum absolute atomic E-state index is 13.4. The molecule has 1 aliphatic heterocycles. The number of carbonyl (C=O) groups is 1. The lowest BCUT2D eigenvalue weighted by Crippen LogP contribution is -2.47. The Morgan fingerprint density at radius 2 is 1.96 bits per heavy atom. The molecule has 150 valence electrons. The lowest BCUT2D eigenvalue weighted by atomic mass is 10.0. The number of halogens is 3. The summed E-state index contributed by atoms with van der Waals surface area (Å²) in [5, 5.41) is 12.0. The van der Waals surface area contributed by atoms with Gasteiger partial charge in [-0.05, 0) is 43.4 Å². The number of thioether (sulfide) groups is 1. The number of carbonyl (C=O) groups excluding carboxylic acids is 1. The van der Waals surface area contributed by atoms with E-state index in [1.165, 1.54) is 24.3 Å². The average molecular weight is 404 g/mol. The second-order valence-electron chi connectivity index (χ2n) is 6.31. The minimum atomic E-state index is -4.40. The molecule has 1 heterocycles. The van der Waals surface area contributed by atoms with Crippen molar-refractivity contribution in [1.82, 2.24) is 10.2 Å². The van der Waals surface area contributed by atoms with Crippen molar-refractivity contribution >= 4 is 17.7 Å². The summed E-state index contributed by atoms with van der Waals surface area (Å²) in [5.74, 6) is 0.249. The van der Waals surface area contributed by atoms with Gasteiger partial charge in [0.05, 0.1) is 11.8 Å². The van der Waals surface area contributed by atoms with Gasteiger partial charge in [-0.1, -0.05) is 23.9 Å². The van der Waals surface area contributed by atoms with E-state index in [4.69, 9.17) is 4.74 Å². The molecule has 3 atom stereocenters. The van der Waals surface area contributed by atoms with Crippen LogP contribution >= 0.6 is 11.8 Å². The van der Waals surface area contributed by atoms with Gasteiger partial charge in [-0.2, -0.15) is 13.2 Å². The summed E-state index contributed by atoms with van der Waals surface area (Å²) in [6.45, 7) is 3.06. The molecule has 1 aromatic rings. The second-order valence-corrected chi connectivity index (χ2v) is 7.27. The van der Waals surface area contributed by atoms with Gasteiger partial charge >= 0.3 is 6.18 Å². The van der Waals surface area contributed by atoms with Crippen molar-refractivity contribution in [3.63, 3.8) is 0 Å². The SMILES string of the molecule is CNC(=O)COc1ccc(CC(C)N2C(C(C)O)=CSC2C(F)(F)F)cc1. The maximum atomic E-state index is 13.4. The van der Waals surface area contributed by atoms with Gasteiger partial charge in [-0.15, -0.1) is 0 Å². The van der Waals surface area contributed by atoms with Gasteiger partial charge in [-0.3, -0.25) is 4.79 Å². The predicted molar refractivity (Wildman–Crippen MR) is 98.2 cm³/mol.